The number of H-pyrrole nitrogens is 2. The molecule has 39 heavy (non-hydrogen) atoms. The summed E-state index contributed by atoms with van der Waals surface area (Å²) in [5, 5.41) is 26.1. The summed E-state index contributed by atoms with van der Waals surface area (Å²) in [6.45, 7) is 4.32. The maximum atomic E-state index is 14.0. The zero-order valence-electron chi connectivity index (χ0n) is 22.9. The standard InChI is InChI=1S/C30H41N5O4/c1-18(2)12-26(36)28(37)24(13-19-8-4-3-5-9-19)34-29(38)25(14-20-15-31-17-32-20)35-16-22-21-10-6-7-11-23(21)33-27(22)30(35)39/h6-7,10-11,15,17-19,24-26,28,33,36-37H,3-5,8-9,12-14,16H2,1-2H3,(H,31,32)(H,34,38)/t24-,25-,26-,28-/m0/s1. The highest BCUT2D eigenvalue weighted by molar-refractivity contribution is 6.05. The highest BCUT2D eigenvalue weighted by atomic mass is 16.3. The number of para-hydroxylation sites is 1. The normalized spacial score (nSPS) is 19.3. The number of carbonyl (C=O) groups is 2. The summed E-state index contributed by atoms with van der Waals surface area (Å²) < 4.78 is 0. The Morgan fingerprint density at radius 1 is 1.18 bits per heavy atom. The molecule has 3 aromatic rings. The fourth-order valence-corrected chi connectivity index (χ4v) is 6.37. The van der Waals surface area contributed by atoms with E-state index < -0.39 is 24.3 Å². The number of amides is 2. The molecule has 0 radical (unpaired) electrons. The van der Waals surface area contributed by atoms with Crippen LogP contribution in [0.1, 0.15) is 80.5 Å². The van der Waals surface area contributed by atoms with Crippen LogP contribution in [0.25, 0.3) is 10.9 Å². The van der Waals surface area contributed by atoms with Crippen molar-refractivity contribution in [2.24, 2.45) is 11.8 Å². The smallest absolute Gasteiger partial charge is 0.271 e. The molecule has 0 bridgehead atoms. The first kappa shape index (κ1) is 27.4. The zero-order valence-corrected chi connectivity index (χ0v) is 22.9. The molecule has 9 heteroatoms. The number of aliphatic hydroxyl groups excluding tert-OH is 2. The number of rotatable bonds is 11. The van der Waals surface area contributed by atoms with Crippen LogP contribution in [0.2, 0.25) is 0 Å². The van der Waals surface area contributed by atoms with Crippen LogP contribution in [0.5, 0.6) is 0 Å². The summed E-state index contributed by atoms with van der Waals surface area (Å²) in [5.41, 5.74) is 3.06. The van der Waals surface area contributed by atoms with E-state index in [1.54, 1.807) is 17.4 Å². The predicted octanol–water partition coefficient (Wildman–Crippen LogP) is 3.68. The first-order valence-electron chi connectivity index (χ1n) is 14.4. The van der Waals surface area contributed by atoms with Gasteiger partial charge in [0.1, 0.15) is 17.8 Å². The van der Waals surface area contributed by atoms with Gasteiger partial charge in [-0.1, -0.05) is 64.2 Å². The molecule has 1 aromatic carbocycles. The summed E-state index contributed by atoms with van der Waals surface area (Å²) in [4.78, 5) is 39.6. The zero-order chi connectivity index (χ0) is 27.5. The van der Waals surface area contributed by atoms with E-state index in [9.17, 15) is 19.8 Å². The Kier molecular flexibility index (Phi) is 8.37. The highest BCUT2D eigenvalue weighted by Gasteiger charge is 2.40. The minimum Gasteiger partial charge on any atom is -0.390 e. The summed E-state index contributed by atoms with van der Waals surface area (Å²) in [6, 6.07) is 6.39. The molecule has 2 aliphatic rings. The van der Waals surface area contributed by atoms with Crippen molar-refractivity contribution in [3.8, 4) is 0 Å². The van der Waals surface area contributed by atoms with Crippen molar-refractivity contribution in [2.45, 2.75) is 96.1 Å². The first-order chi connectivity index (χ1) is 18.8. The molecule has 4 atom stereocenters. The molecule has 5 rings (SSSR count). The molecule has 1 saturated carbocycles. The molecule has 1 aliphatic heterocycles. The van der Waals surface area contributed by atoms with Gasteiger partial charge in [-0.05, 0) is 30.7 Å². The number of nitrogens with zero attached hydrogens (tertiary/aromatic N) is 2. The average molecular weight is 536 g/mol. The molecular weight excluding hydrogens is 494 g/mol. The summed E-state index contributed by atoms with van der Waals surface area (Å²) >= 11 is 0. The number of imidazole rings is 1. The molecule has 210 valence electrons. The molecule has 5 N–H and O–H groups in total. The Bertz CT molecular complexity index is 1260. The van der Waals surface area contributed by atoms with Crippen LogP contribution in [-0.2, 0) is 17.8 Å². The van der Waals surface area contributed by atoms with Crippen LogP contribution < -0.4 is 5.32 Å². The second-order valence-corrected chi connectivity index (χ2v) is 11.8. The summed E-state index contributed by atoms with van der Waals surface area (Å²) in [5.74, 6) is 0.0459. The maximum absolute atomic E-state index is 14.0. The third-order valence-corrected chi connectivity index (χ3v) is 8.42. The van der Waals surface area contributed by atoms with Gasteiger partial charge in [0.25, 0.3) is 5.91 Å². The molecule has 0 spiro atoms. The lowest BCUT2D eigenvalue weighted by Gasteiger charge is -2.35. The van der Waals surface area contributed by atoms with Gasteiger partial charge in [0.15, 0.2) is 0 Å². The lowest BCUT2D eigenvalue weighted by atomic mass is 9.82. The molecule has 1 aliphatic carbocycles. The minimum absolute atomic E-state index is 0.208. The van der Waals surface area contributed by atoms with Crippen LogP contribution in [0.3, 0.4) is 0 Å². The van der Waals surface area contributed by atoms with Crippen molar-refractivity contribution in [1.82, 2.24) is 25.2 Å². The van der Waals surface area contributed by atoms with E-state index in [0.717, 1.165) is 47.8 Å². The average Bonchev–Trinajstić information content (AvgIpc) is 3.64. The molecule has 9 nitrogen and oxygen atoms in total. The van der Waals surface area contributed by atoms with Gasteiger partial charge in [0, 0.05) is 41.3 Å². The second-order valence-electron chi connectivity index (χ2n) is 11.8. The molecule has 1 fully saturated rings. The molecular formula is C30H41N5O4. The van der Waals surface area contributed by atoms with Gasteiger partial charge in [0.2, 0.25) is 5.91 Å². The Balaban J connectivity index is 1.39. The monoisotopic (exact) mass is 535 g/mol. The van der Waals surface area contributed by atoms with Crippen molar-refractivity contribution in [3.63, 3.8) is 0 Å². The third-order valence-electron chi connectivity index (χ3n) is 8.42. The van der Waals surface area contributed by atoms with Gasteiger partial charge >= 0.3 is 0 Å². The molecule has 3 heterocycles. The number of aromatic amines is 2. The number of nitrogens with one attached hydrogen (secondary N) is 3. The minimum atomic E-state index is -1.09. The highest BCUT2D eigenvalue weighted by Crippen LogP contribution is 2.33. The summed E-state index contributed by atoms with van der Waals surface area (Å²) in [6.07, 6.45) is 8.14. The van der Waals surface area contributed by atoms with Gasteiger partial charge in [-0.3, -0.25) is 9.59 Å². The van der Waals surface area contributed by atoms with Crippen LogP contribution in [0, 0.1) is 11.8 Å². The molecule has 2 aromatic heterocycles. The van der Waals surface area contributed by atoms with Gasteiger partial charge in [0.05, 0.1) is 18.5 Å². The number of aliphatic hydroxyl groups is 2. The van der Waals surface area contributed by atoms with Crippen molar-refractivity contribution in [1.29, 1.82) is 0 Å². The van der Waals surface area contributed by atoms with Gasteiger partial charge in [-0.15, -0.1) is 0 Å². The van der Waals surface area contributed by atoms with E-state index in [0.29, 0.717) is 31.0 Å². The molecule has 0 saturated heterocycles. The quantitative estimate of drug-likeness (QED) is 0.255. The fourth-order valence-electron chi connectivity index (χ4n) is 6.37. The fraction of sp³-hybridized carbons (Fsp3) is 0.567. The predicted molar refractivity (Wildman–Crippen MR) is 149 cm³/mol. The number of hydrogen-bond donors (Lipinski definition) is 5. The van der Waals surface area contributed by atoms with Gasteiger partial charge in [-0.25, -0.2) is 4.98 Å². The lowest BCUT2D eigenvalue weighted by Crippen LogP contribution is -2.56. The number of benzene rings is 1. The SMILES string of the molecule is CC(C)C[C@H](O)[C@@H](O)[C@H](CC1CCCCC1)NC(=O)[C@H](Cc1cnc[nH]1)N1Cc2c([nH]c3ccccc23)C1=O. The van der Waals surface area contributed by atoms with E-state index in [1.165, 1.54) is 6.42 Å². The Morgan fingerprint density at radius 2 is 1.95 bits per heavy atom. The van der Waals surface area contributed by atoms with Crippen LogP contribution in [-0.4, -0.2) is 66.2 Å². The van der Waals surface area contributed by atoms with Crippen molar-refractivity contribution in [2.75, 3.05) is 0 Å². The lowest BCUT2D eigenvalue weighted by molar-refractivity contribution is -0.128. The molecule has 2 amide bonds. The topological polar surface area (TPSA) is 134 Å². The van der Waals surface area contributed by atoms with Crippen LogP contribution in [0.15, 0.2) is 36.8 Å². The third kappa shape index (κ3) is 6.04. The van der Waals surface area contributed by atoms with E-state index in [-0.39, 0.29) is 24.2 Å². The summed E-state index contributed by atoms with van der Waals surface area (Å²) in [7, 11) is 0. The Hall–Kier alpha value is -3.17. The molecule has 0 unspecified atom stereocenters. The van der Waals surface area contributed by atoms with Gasteiger partial charge in [-0.2, -0.15) is 0 Å². The van der Waals surface area contributed by atoms with Crippen molar-refractivity contribution >= 4 is 22.7 Å². The van der Waals surface area contributed by atoms with E-state index >= 15 is 0 Å². The van der Waals surface area contributed by atoms with E-state index in [2.05, 4.69) is 20.3 Å². The largest absolute Gasteiger partial charge is 0.390 e. The van der Waals surface area contributed by atoms with Crippen LogP contribution in [0.4, 0.5) is 0 Å². The van der Waals surface area contributed by atoms with E-state index in [4.69, 9.17) is 0 Å². The van der Waals surface area contributed by atoms with Gasteiger partial charge < -0.3 is 30.4 Å². The van der Waals surface area contributed by atoms with Crippen molar-refractivity contribution in [3.05, 3.63) is 53.7 Å². The number of fused-ring (bicyclic) bond motifs is 3. The Morgan fingerprint density at radius 3 is 2.67 bits per heavy atom. The maximum Gasteiger partial charge on any atom is 0.271 e. The second kappa shape index (κ2) is 11.9. The number of carbonyl (C=O) groups excluding carboxylic acids is 2. The number of aromatic nitrogens is 3. The Labute approximate surface area is 229 Å². The first-order valence-corrected chi connectivity index (χ1v) is 14.4. The van der Waals surface area contributed by atoms with E-state index in [1.807, 2.05) is 38.1 Å². The number of hydrogen-bond acceptors (Lipinski definition) is 5. The van der Waals surface area contributed by atoms with Crippen molar-refractivity contribution < 1.29 is 19.8 Å². The van der Waals surface area contributed by atoms with Crippen LogP contribution >= 0.6 is 0 Å².